The Bertz CT molecular complexity index is 671. The second-order valence-corrected chi connectivity index (χ2v) is 5.69. The van der Waals surface area contributed by atoms with Crippen LogP contribution in [-0.2, 0) is 6.54 Å². The first-order valence-corrected chi connectivity index (χ1v) is 7.94. The van der Waals surface area contributed by atoms with Crippen LogP contribution in [0.3, 0.4) is 0 Å². The van der Waals surface area contributed by atoms with Gasteiger partial charge in [-0.1, -0.05) is 18.2 Å². The van der Waals surface area contributed by atoms with E-state index in [1.807, 2.05) is 29.2 Å². The number of carbonyl (C=O) groups is 1. The highest BCUT2D eigenvalue weighted by molar-refractivity contribution is 5.95. The fourth-order valence-corrected chi connectivity index (χ4v) is 2.83. The molecule has 0 saturated heterocycles. The van der Waals surface area contributed by atoms with Gasteiger partial charge in [-0.2, -0.15) is 0 Å². The van der Waals surface area contributed by atoms with Crippen LogP contribution >= 0.6 is 0 Å². The van der Waals surface area contributed by atoms with Crippen molar-refractivity contribution in [3.63, 3.8) is 0 Å². The molecule has 0 spiro atoms. The van der Waals surface area contributed by atoms with Gasteiger partial charge < -0.3 is 14.1 Å². The topological polar surface area (TPSA) is 42.7 Å². The van der Waals surface area contributed by atoms with Gasteiger partial charge in [0.2, 0.25) is 0 Å². The minimum atomic E-state index is -0.0114. The van der Waals surface area contributed by atoms with Gasteiger partial charge in [0.1, 0.15) is 12.0 Å². The van der Waals surface area contributed by atoms with Crippen LogP contribution in [0, 0.1) is 0 Å². The van der Waals surface area contributed by atoms with Gasteiger partial charge in [-0.3, -0.25) is 4.79 Å². The SMILES string of the molecule is COc1ccc(CN(C(=O)c2ccoc2)C2=CCCCC2)cc1. The molecule has 1 aromatic heterocycles. The number of furan rings is 1. The zero-order valence-electron chi connectivity index (χ0n) is 13.3. The Balaban J connectivity index is 1.84. The highest BCUT2D eigenvalue weighted by Gasteiger charge is 2.22. The zero-order valence-corrected chi connectivity index (χ0v) is 13.3. The van der Waals surface area contributed by atoms with E-state index in [0.717, 1.165) is 36.3 Å². The molecule has 0 aliphatic heterocycles. The number of ether oxygens (including phenoxy) is 1. The van der Waals surface area contributed by atoms with E-state index < -0.39 is 0 Å². The lowest BCUT2D eigenvalue weighted by Crippen LogP contribution is -2.30. The molecule has 0 radical (unpaired) electrons. The Morgan fingerprint density at radius 3 is 2.65 bits per heavy atom. The summed E-state index contributed by atoms with van der Waals surface area (Å²) in [6, 6.07) is 9.55. The number of nitrogens with zero attached hydrogens (tertiary/aromatic N) is 1. The van der Waals surface area contributed by atoms with Crippen LogP contribution in [0.2, 0.25) is 0 Å². The van der Waals surface area contributed by atoms with E-state index in [9.17, 15) is 4.79 Å². The van der Waals surface area contributed by atoms with Crippen molar-refractivity contribution in [3.05, 3.63) is 65.8 Å². The molecule has 0 bridgehead atoms. The van der Waals surface area contributed by atoms with Gasteiger partial charge in [-0.15, -0.1) is 0 Å². The quantitative estimate of drug-likeness (QED) is 0.822. The maximum Gasteiger partial charge on any atom is 0.261 e. The molecule has 4 heteroatoms. The Labute approximate surface area is 136 Å². The van der Waals surface area contributed by atoms with Crippen molar-refractivity contribution >= 4 is 5.91 Å². The third-order valence-electron chi connectivity index (χ3n) is 4.13. The van der Waals surface area contributed by atoms with E-state index in [1.54, 1.807) is 13.2 Å². The zero-order chi connectivity index (χ0) is 16.1. The molecule has 0 atom stereocenters. The molecule has 1 aromatic carbocycles. The smallest absolute Gasteiger partial charge is 0.261 e. The van der Waals surface area contributed by atoms with E-state index in [-0.39, 0.29) is 5.91 Å². The fraction of sp³-hybridized carbons (Fsp3) is 0.316. The average Bonchev–Trinajstić information content (AvgIpc) is 3.15. The fourth-order valence-electron chi connectivity index (χ4n) is 2.83. The lowest BCUT2D eigenvalue weighted by molar-refractivity contribution is 0.0787. The molecule has 0 unspecified atom stereocenters. The number of rotatable bonds is 5. The molecule has 0 fully saturated rings. The predicted molar refractivity (Wildman–Crippen MR) is 88.1 cm³/mol. The Morgan fingerprint density at radius 2 is 2.04 bits per heavy atom. The molecule has 0 N–H and O–H groups in total. The minimum absolute atomic E-state index is 0.0114. The Morgan fingerprint density at radius 1 is 1.22 bits per heavy atom. The van der Waals surface area contributed by atoms with Crippen molar-refractivity contribution in [2.75, 3.05) is 7.11 Å². The van der Waals surface area contributed by atoms with E-state index in [0.29, 0.717) is 12.1 Å². The van der Waals surface area contributed by atoms with Crippen molar-refractivity contribution in [1.29, 1.82) is 0 Å². The maximum absolute atomic E-state index is 12.8. The van der Waals surface area contributed by atoms with Gasteiger partial charge in [-0.25, -0.2) is 0 Å². The third kappa shape index (κ3) is 3.65. The van der Waals surface area contributed by atoms with Crippen LogP contribution in [0.5, 0.6) is 5.75 Å². The number of hydrogen-bond acceptors (Lipinski definition) is 3. The van der Waals surface area contributed by atoms with E-state index in [2.05, 4.69) is 6.08 Å². The van der Waals surface area contributed by atoms with Crippen molar-refractivity contribution in [2.45, 2.75) is 32.2 Å². The van der Waals surface area contributed by atoms with Crippen LogP contribution in [0.25, 0.3) is 0 Å². The number of hydrogen-bond donors (Lipinski definition) is 0. The lowest BCUT2D eigenvalue weighted by Gasteiger charge is -2.27. The van der Waals surface area contributed by atoms with Crippen LogP contribution in [0.1, 0.15) is 41.6 Å². The summed E-state index contributed by atoms with van der Waals surface area (Å²) in [4.78, 5) is 14.7. The minimum Gasteiger partial charge on any atom is -0.497 e. The maximum atomic E-state index is 12.8. The second-order valence-electron chi connectivity index (χ2n) is 5.69. The van der Waals surface area contributed by atoms with E-state index >= 15 is 0 Å². The molecule has 2 aromatic rings. The van der Waals surface area contributed by atoms with Crippen molar-refractivity contribution in [2.24, 2.45) is 0 Å². The second kappa shape index (κ2) is 7.18. The molecule has 3 rings (SSSR count). The molecular weight excluding hydrogens is 290 g/mol. The van der Waals surface area contributed by atoms with E-state index in [1.165, 1.54) is 18.9 Å². The Kier molecular flexibility index (Phi) is 4.81. The Hall–Kier alpha value is -2.49. The summed E-state index contributed by atoms with van der Waals surface area (Å²) in [5, 5.41) is 0. The summed E-state index contributed by atoms with van der Waals surface area (Å²) in [6.07, 6.45) is 9.53. The monoisotopic (exact) mass is 311 g/mol. The normalized spacial score (nSPS) is 14.2. The predicted octanol–water partition coefficient (Wildman–Crippen LogP) is 4.39. The van der Waals surface area contributed by atoms with E-state index in [4.69, 9.17) is 9.15 Å². The van der Waals surface area contributed by atoms with Crippen LogP contribution in [-0.4, -0.2) is 17.9 Å². The molecule has 1 amide bonds. The lowest BCUT2D eigenvalue weighted by atomic mass is 10.0. The molecule has 1 aliphatic carbocycles. The summed E-state index contributed by atoms with van der Waals surface area (Å²) < 4.78 is 10.3. The van der Waals surface area contributed by atoms with Crippen LogP contribution in [0.4, 0.5) is 0 Å². The third-order valence-corrected chi connectivity index (χ3v) is 4.13. The summed E-state index contributed by atoms with van der Waals surface area (Å²) in [7, 11) is 1.65. The molecule has 0 saturated carbocycles. The molecule has 120 valence electrons. The van der Waals surface area contributed by atoms with Gasteiger partial charge in [0, 0.05) is 5.70 Å². The summed E-state index contributed by atoms with van der Waals surface area (Å²) in [6.45, 7) is 0.555. The van der Waals surface area contributed by atoms with Gasteiger partial charge >= 0.3 is 0 Å². The average molecular weight is 311 g/mol. The highest BCUT2D eigenvalue weighted by Crippen LogP contribution is 2.25. The summed E-state index contributed by atoms with van der Waals surface area (Å²) in [5.41, 5.74) is 2.78. The standard InChI is InChI=1S/C19H21NO3/c1-22-18-9-7-15(8-10-18)13-20(17-5-3-2-4-6-17)19(21)16-11-12-23-14-16/h5,7-12,14H,2-4,6,13H2,1H3. The van der Waals surface area contributed by atoms with Crippen LogP contribution < -0.4 is 4.74 Å². The number of methoxy groups -OCH3 is 1. The molecular formula is C19H21NO3. The van der Waals surface area contributed by atoms with Crippen molar-refractivity contribution < 1.29 is 13.9 Å². The highest BCUT2D eigenvalue weighted by atomic mass is 16.5. The first-order valence-electron chi connectivity index (χ1n) is 7.94. The van der Waals surface area contributed by atoms with Gasteiger partial charge in [0.05, 0.1) is 25.5 Å². The molecule has 1 heterocycles. The summed E-state index contributed by atoms with van der Waals surface area (Å²) >= 11 is 0. The number of amides is 1. The molecule has 4 nitrogen and oxygen atoms in total. The van der Waals surface area contributed by atoms with Gasteiger partial charge in [-0.05, 0) is 49.4 Å². The molecule has 1 aliphatic rings. The number of carbonyl (C=O) groups excluding carboxylic acids is 1. The van der Waals surface area contributed by atoms with Gasteiger partial charge in [0.15, 0.2) is 0 Å². The van der Waals surface area contributed by atoms with Crippen molar-refractivity contribution in [3.8, 4) is 5.75 Å². The first-order chi connectivity index (χ1) is 11.3. The van der Waals surface area contributed by atoms with Gasteiger partial charge in [0.25, 0.3) is 5.91 Å². The molecule has 23 heavy (non-hydrogen) atoms. The number of allylic oxidation sites excluding steroid dienone is 2. The van der Waals surface area contributed by atoms with Crippen LogP contribution in [0.15, 0.2) is 59.0 Å². The number of benzene rings is 1. The van der Waals surface area contributed by atoms with Crippen molar-refractivity contribution in [1.82, 2.24) is 4.90 Å². The largest absolute Gasteiger partial charge is 0.497 e. The first kappa shape index (κ1) is 15.4. The summed E-state index contributed by atoms with van der Waals surface area (Å²) in [5.74, 6) is 0.807.